The van der Waals surface area contributed by atoms with E-state index in [4.69, 9.17) is 11.6 Å². The van der Waals surface area contributed by atoms with E-state index in [2.05, 4.69) is 0 Å². The monoisotopic (exact) mass is 267 g/mol. The van der Waals surface area contributed by atoms with Gasteiger partial charge in [-0.2, -0.15) is 0 Å². The number of hydrogen-bond donors (Lipinski definition) is 1. The number of nitrogens with zero attached hydrogens (tertiary/aromatic N) is 1. The molecule has 1 amide bonds. The third kappa shape index (κ3) is 2.46. The van der Waals surface area contributed by atoms with Crippen LogP contribution in [0, 0.1) is 6.92 Å². The summed E-state index contributed by atoms with van der Waals surface area (Å²) in [6.07, 6.45) is 3.29. The van der Waals surface area contributed by atoms with Gasteiger partial charge in [-0.15, -0.1) is 11.6 Å². The predicted molar refractivity (Wildman–Crippen MR) is 72.2 cm³/mol. The molecule has 0 bridgehead atoms. The smallest absolute Gasteiger partial charge is 0.254 e. The van der Waals surface area contributed by atoms with Crippen LogP contribution in [-0.2, 0) is 0 Å². The number of phenols is 1. The Morgan fingerprint density at radius 3 is 2.78 bits per heavy atom. The highest BCUT2D eigenvalue weighted by atomic mass is 35.5. The van der Waals surface area contributed by atoms with Gasteiger partial charge in [-0.1, -0.05) is 6.07 Å². The lowest BCUT2D eigenvalue weighted by atomic mass is 9.90. The molecule has 1 aliphatic rings. The highest BCUT2D eigenvalue weighted by molar-refractivity contribution is 6.18. The molecule has 0 heterocycles. The van der Waals surface area contributed by atoms with Crippen molar-refractivity contribution < 1.29 is 9.90 Å². The Bertz CT molecular complexity index is 443. The number of alkyl halides is 1. The van der Waals surface area contributed by atoms with Crippen molar-refractivity contribution in [2.75, 3.05) is 12.4 Å². The lowest BCUT2D eigenvalue weighted by Crippen LogP contribution is -2.45. The highest BCUT2D eigenvalue weighted by Crippen LogP contribution is 2.28. The van der Waals surface area contributed by atoms with Crippen LogP contribution in [0.5, 0.6) is 5.75 Å². The number of amides is 1. The molecular weight excluding hydrogens is 250 g/mol. The number of rotatable bonds is 4. The zero-order valence-corrected chi connectivity index (χ0v) is 11.3. The third-order valence-corrected chi connectivity index (χ3v) is 3.81. The molecule has 0 aromatic heterocycles. The summed E-state index contributed by atoms with van der Waals surface area (Å²) >= 11 is 5.78. The number of carbonyl (C=O) groups is 1. The van der Waals surface area contributed by atoms with E-state index in [-0.39, 0.29) is 11.7 Å². The number of halogens is 1. The molecular formula is C14H18ClNO2. The lowest BCUT2D eigenvalue weighted by Gasteiger charge is -2.37. The summed E-state index contributed by atoms with van der Waals surface area (Å²) in [5.41, 5.74) is 1.22. The van der Waals surface area contributed by atoms with Crippen molar-refractivity contribution in [1.82, 2.24) is 4.90 Å². The Morgan fingerprint density at radius 2 is 2.22 bits per heavy atom. The number of phenolic OH excluding ortho intramolecular Hbond substituents is 1. The van der Waals surface area contributed by atoms with Crippen LogP contribution in [0.3, 0.4) is 0 Å². The largest absolute Gasteiger partial charge is 0.508 e. The zero-order chi connectivity index (χ0) is 13.1. The van der Waals surface area contributed by atoms with Crippen LogP contribution in [0.1, 0.15) is 35.2 Å². The van der Waals surface area contributed by atoms with Crippen LogP contribution >= 0.6 is 11.6 Å². The average molecular weight is 268 g/mol. The van der Waals surface area contributed by atoms with Gasteiger partial charge in [0.05, 0.1) is 0 Å². The van der Waals surface area contributed by atoms with Crippen LogP contribution in [0.4, 0.5) is 0 Å². The molecule has 1 aromatic rings. The first-order valence-electron chi connectivity index (χ1n) is 6.30. The molecule has 0 atom stereocenters. The number of aromatic hydroxyl groups is 1. The van der Waals surface area contributed by atoms with Crippen LogP contribution in [0.25, 0.3) is 0 Å². The standard InChI is InChI=1S/C14H18ClNO2/c1-10-12(6-3-7-13(10)17)14(18)16(9-8-15)11-4-2-5-11/h3,6-7,11,17H,2,4-5,8-9H2,1H3. The van der Waals surface area contributed by atoms with Gasteiger partial charge in [-0.3, -0.25) is 4.79 Å². The van der Waals surface area contributed by atoms with Gasteiger partial charge in [0.15, 0.2) is 0 Å². The molecule has 1 fully saturated rings. The molecule has 3 nitrogen and oxygen atoms in total. The zero-order valence-electron chi connectivity index (χ0n) is 10.5. The minimum Gasteiger partial charge on any atom is -0.508 e. The van der Waals surface area contributed by atoms with Gasteiger partial charge in [-0.25, -0.2) is 0 Å². The molecule has 1 aromatic carbocycles. The van der Waals surface area contributed by atoms with E-state index in [1.165, 1.54) is 6.42 Å². The maximum atomic E-state index is 12.5. The summed E-state index contributed by atoms with van der Waals surface area (Å²) < 4.78 is 0. The fourth-order valence-corrected chi connectivity index (χ4v) is 2.43. The van der Waals surface area contributed by atoms with Crippen LogP contribution in [0.15, 0.2) is 18.2 Å². The van der Waals surface area contributed by atoms with E-state index < -0.39 is 0 Å². The van der Waals surface area contributed by atoms with Crippen molar-refractivity contribution >= 4 is 17.5 Å². The molecule has 98 valence electrons. The van der Waals surface area contributed by atoms with Crippen molar-refractivity contribution in [2.45, 2.75) is 32.2 Å². The van der Waals surface area contributed by atoms with Crippen molar-refractivity contribution in [1.29, 1.82) is 0 Å². The lowest BCUT2D eigenvalue weighted by molar-refractivity contribution is 0.0596. The van der Waals surface area contributed by atoms with E-state index in [9.17, 15) is 9.90 Å². The topological polar surface area (TPSA) is 40.5 Å². The normalized spacial score (nSPS) is 15.2. The van der Waals surface area contributed by atoms with E-state index in [0.717, 1.165) is 12.8 Å². The van der Waals surface area contributed by atoms with E-state index in [0.29, 0.717) is 29.6 Å². The predicted octanol–water partition coefficient (Wildman–Crippen LogP) is 2.93. The van der Waals surface area contributed by atoms with E-state index in [1.54, 1.807) is 25.1 Å². The van der Waals surface area contributed by atoms with Gasteiger partial charge in [0.2, 0.25) is 0 Å². The SMILES string of the molecule is Cc1c(O)cccc1C(=O)N(CCCl)C1CCC1. The molecule has 1 saturated carbocycles. The van der Waals surface area contributed by atoms with E-state index in [1.807, 2.05) is 4.90 Å². The fraction of sp³-hybridized carbons (Fsp3) is 0.500. The first-order valence-corrected chi connectivity index (χ1v) is 6.84. The van der Waals surface area contributed by atoms with E-state index >= 15 is 0 Å². The minimum atomic E-state index is -0.0197. The maximum Gasteiger partial charge on any atom is 0.254 e. The van der Waals surface area contributed by atoms with Crippen LogP contribution in [-0.4, -0.2) is 34.4 Å². The average Bonchev–Trinajstić information content (AvgIpc) is 2.29. The van der Waals surface area contributed by atoms with Gasteiger partial charge in [0.25, 0.3) is 5.91 Å². The quantitative estimate of drug-likeness (QED) is 0.852. The van der Waals surface area contributed by atoms with Crippen molar-refractivity contribution in [3.63, 3.8) is 0 Å². The summed E-state index contributed by atoms with van der Waals surface area (Å²) in [4.78, 5) is 14.3. The minimum absolute atomic E-state index is 0.0197. The second-order valence-electron chi connectivity index (χ2n) is 4.72. The Labute approximate surface area is 112 Å². The summed E-state index contributed by atoms with van der Waals surface area (Å²) in [5.74, 6) is 0.592. The van der Waals surface area contributed by atoms with Crippen molar-refractivity contribution in [3.05, 3.63) is 29.3 Å². The third-order valence-electron chi connectivity index (χ3n) is 3.64. The Hall–Kier alpha value is -1.22. The van der Waals surface area contributed by atoms with Gasteiger partial charge < -0.3 is 10.0 Å². The van der Waals surface area contributed by atoms with Crippen molar-refractivity contribution in [3.8, 4) is 5.75 Å². The molecule has 0 spiro atoms. The molecule has 1 N–H and O–H groups in total. The summed E-state index contributed by atoms with van der Waals surface area (Å²) in [6, 6.07) is 5.38. The number of hydrogen-bond acceptors (Lipinski definition) is 2. The summed E-state index contributed by atoms with van der Waals surface area (Å²) in [5, 5.41) is 9.67. The first kappa shape index (κ1) is 13.2. The number of benzene rings is 1. The molecule has 0 saturated heterocycles. The van der Waals surface area contributed by atoms with Crippen molar-refractivity contribution in [2.24, 2.45) is 0 Å². The Kier molecular flexibility index (Phi) is 4.12. The molecule has 0 aliphatic heterocycles. The summed E-state index contributed by atoms with van der Waals surface area (Å²) in [7, 11) is 0. The Morgan fingerprint density at radius 1 is 1.50 bits per heavy atom. The van der Waals surface area contributed by atoms with Gasteiger partial charge in [0, 0.05) is 29.6 Å². The molecule has 0 unspecified atom stereocenters. The van der Waals surface area contributed by atoms with Gasteiger partial charge in [0.1, 0.15) is 5.75 Å². The Balaban J connectivity index is 2.24. The maximum absolute atomic E-state index is 12.5. The first-order chi connectivity index (χ1) is 8.65. The van der Waals surface area contributed by atoms with Gasteiger partial charge in [-0.05, 0) is 38.3 Å². The molecule has 0 radical (unpaired) electrons. The van der Waals surface area contributed by atoms with Crippen LogP contribution in [0.2, 0.25) is 0 Å². The summed E-state index contributed by atoms with van der Waals surface area (Å²) in [6.45, 7) is 2.34. The fourth-order valence-electron chi connectivity index (χ4n) is 2.25. The molecule has 18 heavy (non-hydrogen) atoms. The second-order valence-corrected chi connectivity index (χ2v) is 5.10. The molecule has 2 rings (SSSR count). The number of carbonyl (C=O) groups excluding carboxylic acids is 1. The van der Waals surface area contributed by atoms with Gasteiger partial charge >= 0.3 is 0 Å². The molecule has 4 heteroatoms. The highest BCUT2D eigenvalue weighted by Gasteiger charge is 2.29. The second kappa shape index (κ2) is 5.61. The van der Waals surface area contributed by atoms with Crippen LogP contribution < -0.4 is 0 Å². The molecule has 1 aliphatic carbocycles.